The smallest absolute Gasteiger partial charge is 0.289 e. The van der Waals surface area contributed by atoms with Crippen molar-refractivity contribution in [2.75, 3.05) is 45.0 Å². The minimum absolute atomic E-state index is 0.0872. The standard InChI is InChI=1S/C23H27N5O6S2/c1-3-28(4-2)36(31,32)18-9-7-17(8-10-18)21-24-25-23(34-21)35-16-20(29)26-11-13-27(14-12-26)22(30)19-6-5-15-33-19/h5-10,15H,3-4,11-14,16H2,1-2H3. The zero-order chi connectivity index (χ0) is 25.7. The van der Waals surface area contributed by atoms with Crippen LogP contribution in [0.15, 0.2) is 61.6 Å². The Morgan fingerprint density at radius 3 is 2.28 bits per heavy atom. The molecule has 0 radical (unpaired) electrons. The van der Waals surface area contributed by atoms with E-state index in [1.807, 2.05) is 0 Å². The molecule has 4 rings (SSSR count). The number of hydrogen-bond acceptors (Lipinski definition) is 9. The number of rotatable bonds is 9. The number of sulfonamides is 1. The highest BCUT2D eigenvalue weighted by atomic mass is 32.2. The van der Waals surface area contributed by atoms with E-state index < -0.39 is 10.0 Å². The predicted octanol–water partition coefficient (Wildman–Crippen LogP) is 2.44. The lowest BCUT2D eigenvalue weighted by Crippen LogP contribution is -2.51. The molecule has 0 atom stereocenters. The number of amides is 2. The normalized spacial score (nSPS) is 14.4. The molecule has 192 valence electrons. The molecule has 1 aliphatic heterocycles. The van der Waals surface area contributed by atoms with E-state index in [0.717, 1.165) is 11.8 Å². The van der Waals surface area contributed by atoms with Crippen LogP contribution in [0.4, 0.5) is 0 Å². The molecule has 3 heterocycles. The van der Waals surface area contributed by atoms with Crippen LogP contribution in [0.2, 0.25) is 0 Å². The molecule has 0 aliphatic carbocycles. The van der Waals surface area contributed by atoms with E-state index in [1.54, 1.807) is 47.9 Å². The topological polar surface area (TPSA) is 130 Å². The van der Waals surface area contributed by atoms with Gasteiger partial charge in [-0.25, -0.2) is 8.42 Å². The fraction of sp³-hybridized carbons (Fsp3) is 0.391. The van der Waals surface area contributed by atoms with Gasteiger partial charge in [-0.05, 0) is 36.4 Å². The molecule has 1 fully saturated rings. The number of thioether (sulfide) groups is 1. The minimum atomic E-state index is -3.55. The summed E-state index contributed by atoms with van der Waals surface area (Å²) in [5.74, 6) is 0.378. The van der Waals surface area contributed by atoms with Crippen LogP contribution in [0, 0.1) is 0 Å². The van der Waals surface area contributed by atoms with Gasteiger partial charge >= 0.3 is 0 Å². The fourth-order valence-corrected chi connectivity index (χ4v) is 5.92. The van der Waals surface area contributed by atoms with E-state index in [2.05, 4.69) is 10.2 Å². The first-order valence-electron chi connectivity index (χ1n) is 11.5. The van der Waals surface area contributed by atoms with Crippen molar-refractivity contribution < 1.29 is 26.8 Å². The Balaban J connectivity index is 1.29. The van der Waals surface area contributed by atoms with E-state index in [-0.39, 0.29) is 39.3 Å². The van der Waals surface area contributed by atoms with Gasteiger partial charge in [-0.2, -0.15) is 4.31 Å². The average molecular weight is 534 g/mol. The van der Waals surface area contributed by atoms with Crippen molar-refractivity contribution in [2.45, 2.75) is 24.0 Å². The molecular weight excluding hydrogens is 506 g/mol. The van der Waals surface area contributed by atoms with Gasteiger partial charge in [0.1, 0.15) is 0 Å². The van der Waals surface area contributed by atoms with Gasteiger partial charge in [-0.1, -0.05) is 25.6 Å². The summed E-state index contributed by atoms with van der Waals surface area (Å²) in [4.78, 5) is 28.5. The monoisotopic (exact) mass is 533 g/mol. The molecule has 1 aliphatic rings. The maximum atomic E-state index is 12.6. The molecule has 2 amide bonds. The second-order valence-electron chi connectivity index (χ2n) is 7.93. The number of furan rings is 1. The third kappa shape index (κ3) is 5.63. The molecule has 11 nitrogen and oxygen atoms in total. The van der Waals surface area contributed by atoms with E-state index in [0.29, 0.717) is 44.8 Å². The Bertz CT molecular complexity index is 1280. The van der Waals surface area contributed by atoms with Crippen molar-refractivity contribution in [1.82, 2.24) is 24.3 Å². The van der Waals surface area contributed by atoms with Gasteiger partial charge in [-0.3, -0.25) is 9.59 Å². The van der Waals surface area contributed by atoms with Crippen molar-refractivity contribution in [3.8, 4) is 11.5 Å². The van der Waals surface area contributed by atoms with Gasteiger partial charge in [0.05, 0.1) is 16.9 Å². The van der Waals surface area contributed by atoms with E-state index >= 15 is 0 Å². The SMILES string of the molecule is CCN(CC)S(=O)(=O)c1ccc(-c2nnc(SCC(=O)N3CCN(C(=O)c4ccco4)CC3)o2)cc1. The summed E-state index contributed by atoms with van der Waals surface area (Å²) in [6.07, 6.45) is 1.46. The second kappa shape index (κ2) is 11.3. The van der Waals surface area contributed by atoms with Crippen molar-refractivity contribution in [3.63, 3.8) is 0 Å². The molecule has 0 unspecified atom stereocenters. The largest absolute Gasteiger partial charge is 0.459 e. The predicted molar refractivity (Wildman–Crippen MR) is 132 cm³/mol. The van der Waals surface area contributed by atoms with Gasteiger partial charge < -0.3 is 18.6 Å². The summed E-state index contributed by atoms with van der Waals surface area (Å²) in [6, 6.07) is 9.55. The fourth-order valence-electron chi connectivity index (χ4n) is 3.80. The number of aromatic nitrogens is 2. The Morgan fingerprint density at radius 2 is 1.67 bits per heavy atom. The highest BCUT2D eigenvalue weighted by Crippen LogP contribution is 2.25. The summed E-state index contributed by atoms with van der Waals surface area (Å²) in [5.41, 5.74) is 0.580. The van der Waals surface area contributed by atoms with Gasteiger partial charge in [0.25, 0.3) is 11.1 Å². The van der Waals surface area contributed by atoms with Gasteiger partial charge in [0, 0.05) is 44.8 Å². The van der Waals surface area contributed by atoms with Crippen molar-refractivity contribution in [2.24, 2.45) is 0 Å². The van der Waals surface area contributed by atoms with Crippen LogP contribution in [-0.4, -0.2) is 89.6 Å². The summed E-state index contributed by atoms with van der Waals surface area (Å²) in [6.45, 7) is 6.10. The Kier molecular flexibility index (Phi) is 8.11. The van der Waals surface area contributed by atoms with E-state index in [4.69, 9.17) is 8.83 Å². The lowest BCUT2D eigenvalue weighted by molar-refractivity contribution is -0.129. The highest BCUT2D eigenvalue weighted by Gasteiger charge is 2.26. The number of nitrogens with zero attached hydrogens (tertiary/aromatic N) is 5. The summed E-state index contributed by atoms with van der Waals surface area (Å²) in [7, 11) is -3.55. The highest BCUT2D eigenvalue weighted by molar-refractivity contribution is 7.99. The third-order valence-electron chi connectivity index (χ3n) is 5.82. The maximum Gasteiger partial charge on any atom is 0.289 e. The van der Waals surface area contributed by atoms with Gasteiger partial charge in [-0.15, -0.1) is 10.2 Å². The molecule has 1 aromatic carbocycles. The Labute approximate surface area is 213 Å². The van der Waals surface area contributed by atoms with Crippen molar-refractivity contribution in [3.05, 3.63) is 48.4 Å². The van der Waals surface area contributed by atoms with E-state index in [9.17, 15) is 18.0 Å². The molecule has 3 aromatic rings. The quantitative estimate of drug-likeness (QED) is 0.381. The number of hydrogen-bond donors (Lipinski definition) is 0. The summed E-state index contributed by atoms with van der Waals surface area (Å²) >= 11 is 1.13. The lowest BCUT2D eigenvalue weighted by atomic mass is 10.2. The molecule has 2 aromatic heterocycles. The van der Waals surface area contributed by atoms with Gasteiger partial charge in [0.15, 0.2) is 5.76 Å². The lowest BCUT2D eigenvalue weighted by Gasteiger charge is -2.34. The van der Waals surface area contributed by atoms with E-state index in [1.165, 1.54) is 22.7 Å². The number of benzene rings is 1. The molecule has 13 heteroatoms. The zero-order valence-corrected chi connectivity index (χ0v) is 21.6. The Morgan fingerprint density at radius 1 is 1.00 bits per heavy atom. The van der Waals surface area contributed by atoms with Gasteiger partial charge in [0.2, 0.25) is 21.8 Å². The maximum absolute atomic E-state index is 12.6. The minimum Gasteiger partial charge on any atom is -0.459 e. The summed E-state index contributed by atoms with van der Waals surface area (Å²) < 4.78 is 37.5. The first-order valence-corrected chi connectivity index (χ1v) is 13.9. The van der Waals surface area contributed by atoms with Crippen LogP contribution >= 0.6 is 11.8 Å². The molecular formula is C23H27N5O6S2. The second-order valence-corrected chi connectivity index (χ2v) is 10.8. The number of piperazine rings is 1. The van der Waals surface area contributed by atoms with Crippen LogP contribution < -0.4 is 0 Å². The molecule has 0 bridgehead atoms. The van der Waals surface area contributed by atoms with Crippen LogP contribution in [0.25, 0.3) is 11.5 Å². The summed E-state index contributed by atoms with van der Waals surface area (Å²) in [5, 5.41) is 8.24. The van der Waals surface area contributed by atoms with Crippen LogP contribution in [0.1, 0.15) is 24.4 Å². The van der Waals surface area contributed by atoms with Crippen molar-refractivity contribution in [1.29, 1.82) is 0 Å². The molecule has 0 spiro atoms. The average Bonchev–Trinajstić information content (AvgIpc) is 3.60. The molecule has 36 heavy (non-hydrogen) atoms. The molecule has 1 saturated heterocycles. The Hall–Kier alpha value is -3.16. The van der Waals surface area contributed by atoms with Crippen molar-refractivity contribution >= 4 is 33.6 Å². The third-order valence-corrected chi connectivity index (χ3v) is 8.69. The van der Waals surface area contributed by atoms with Crippen LogP contribution in [0.5, 0.6) is 0 Å². The molecule has 0 saturated carbocycles. The van der Waals surface area contributed by atoms with Crippen LogP contribution in [0.3, 0.4) is 0 Å². The first-order chi connectivity index (χ1) is 17.3. The first kappa shape index (κ1) is 25.9. The molecule has 0 N–H and O–H groups in total. The van der Waals surface area contributed by atoms with Crippen LogP contribution in [-0.2, 0) is 14.8 Å². The number of carbonyl (C=O) groups is 2. The zero-order valence-electron chi connectivity index (χ0n) is 20.0. The number of carbonyl (C=O) groups excluding carboxylic acids is 2.